The lowest BCUT2D eigenvalue weighted by Gasteiger charge is -2.26. The number of H-pyrrole nitrogens is 1. The SMILES string of the molecule is CCc1ccccc1NC(=S)N(Cc1cccnc1)Cc1cc2cc3c(cc2[nH]c1=O)OCCO3. The molecule has 2 N–H and O–H groups in total. The Labute approximate surface area is 208 Å². The van der Waals surface area contributed by atoms with E-state index in [1.165, 1.54) is 5.56 Å². The lowest BCUT2D eigenvalue weighted by Crippen LogP contribution is -2.35. The van der Waals surface area contributed by atoms with Gasteiger partial charge in [0.1, 0.15) is 13.2 Å². The Morgan fingerprint density at radius 2 is 1.86 bits per heavy atom. The Morgan fingerprint density at radius 3 is 2.63 bits per heavy atom. The molecule has 0 atom stereocenters. The molecule has 3 heterocycles. The minimum Gasteiger partial charge on any atom is -0.486 e. The van der Waals surface area contributed by atoms with Gasteiger partial charge in [-0.3, -0.25) is 9.78 Å². The molecule has 178 valence electrons. The maximum Gasteiger partial charge on any atom is 0.253 e. The van der Waals surface area contributed by atoms with Crippen molar-refractivity contribution in [1.82, 2.24) is 14.9 Å². The molecule has 0 saturated carbocycles. The van der Waals surface area contributed by atoms with E-state index >= 15 is 0 Å². The summed E-state index contributed by atoms with van der Waals surface area (Å²) in [5, 5.41) is 4.80. The van der Waals surface area contributed by atoms with Gasteiger partial charge in [0.2, 0.25) is 0 Å². The molecule has 5 rings (SSSR count). The van der Waals surface area contributed by atoms with E-state index in [0.29, 0.717) is 54.0 Å². The Kier molecular flexibility index (Phi) is 6.63. The van der Waals surface area contributed by atoms with Crippen LogP contribution in [-0.4, -0.2) is 33.2 Å². The van der Waals surface area contributed by atoms with Crippen molar-refractivity contribution >= 4 is 33.9 Å². The second-order valence-electron chi connectivity index (χ2n) is 8.37. The zero-order valence-corrected chi connectivity index (χ0v) is 20.2. The van der Waals surface area contributed by atoms with Gasteiger partial charge < -0.3 is 24.7 Å². The average Bonchev–Trinajstić information content (AvgIpc) is 2.88. The summed E-state index contributed by atoms with van der Waals surface area (Å²) in [4.78, 5) is 22.2. The van der Waals surface area contributed by atoms with Crippen LogP contribution in [-0.2, 0) is 19.5 Å². The van der Waals surface area contributed by atoms with Gasteiger partial charge in [0.15, 0.2) is 16.6 Å². The molecule has 0 radical (unpaired) electrons. The number of para-hydroxylation sites is 1. The summed E-state index contributed by atoms with van der Waals surface area (Å²) in [5.74, 6) is 1.33. The molecule has 0 amide bonds. The molecule has 7 nitrogen and oxygen atoms in total. The summed E-state index contributed by atoms with van der Waals surface area (Å²) < 4.78 is 11.4. The first-order chi connectivity index (χ1) is 17.1. The molecule has 2 aromatic carbocycles. The molecule has 0 bridgehead atoms. The van der Waals surface area contributed by atoms with Crippen molar-refractivity contribution < 1.29 is 9.47 Å². The van der Waals surface area contributed by atoms with E-state index in [1.807, 2.05) is 59.6 Å². The number of fused-ring (bicyclic) bond motifs is 2. The zero-order chi connectivity index (χ0) is 24.2. The van der Waals surface area contributed by atoms with E-state index in [-0.39, 0.29) is 5.56 Å². The number of nitrogens with one attached hydrogen (secondary N) is 2. The molecular formula is C27H26N4O3S. The number of rotatable bonds is 6. The molecule has 1 aliphatic heterocycles. The Balaban J connectivity index is 1.47. The number of hydrogen-bond donors (Lipinski definition) is 2. The highest BCUT2D eigenvalue weighted by atomic mass is 32.1. The van der Waals surface area contributed by atoms with Gasteiger partial charge in [0.05, 0.1) is 12.1 Å². The first-order valence-electron chi connectivity index (χ1n) is 11.6. The molecule has 35 heavy (non-hydrogen) atoms. The maximum atomic E-state index is 13.0. The van der Waals surface area contributed by atoms with Crippen molar-refractivity contribution in [2.75, 3.05) is 18.5 Å². The second-order valence-corrected chi connectivity index (χ2v) is 8.75. The van der Waals surface area contributed by atoms with Crippen LogP contribution in [0.25, 0.3) is 10.9 Å². The van der Waals surface area contributed by atoms with Crippen LogP contribution in [0.4, 0.5) is 5.69 Å². The van der Waals surface area contributed by atoms with E-state index in [0.717, 1.165) is 23.1 Å². The predicted octanol–water partition coefficient (Wildman–Crippen LogP) is 4.66. The quantitative estimate of drug-likeness (QED) is 0.384. The van der Waals surface area contributed by atoms with E-state index < -0.39 is 0 Å². The minimum atomic E-state index is -0.165. The molecule has 2 aromatic heterocycles. The van der Waals surface area contributed by atoms with Crippen molar-refractivity contribution in [1.29, 1.82) is 0 Å². The number of ether oxygens (including phenoxy) is 2. The summed E-state index contributed by atoms with van der Waals surface area (Å²) in [7, 11) is 0. The molecule has 0 fully saturated rings. The maximum absolute atomic E-state index is 13.0. The van der Waals surface area contributed by atoms with Crippen LogP contribution in [0.15, 0.2) is 71.8 Å². The van der Waals surface area contributed by atoms with Crippen LogP contribution in [0.2, 0.25) is 0 Å². The molecule has 8 heteroatoms. The fraction of sp³-hybridized carbons (Fsp3) is 0.222. The van der Waals surface area contributed by atoms with E-state index in [2.05, 4.69) is 28.3 Å². The van der Waals surface area contributed by atoms with Crippen molar-refractivity contribution in [2.45, 2.75) is 26.4 Å². The lowest BCUT2D eigenvalue weighted by atomic mass is 10.1. The van der Waals surface area contributed by atoms with Crippen molar-refractivity contribution in [3.05, 3.63) is 94.0 Å². The van der Waals surface area contributed by atoms with Crippen molar-refractivity contribution in [2.24, 2.45) is 0 Å². The predicted molar refractivity (Wildman–Crippen MR) is 141 cm³/mol. The smallest absolute Gasteiger partial charge is 0.253 e. The van der Waals surface area contributed by atoms with Crippen molar-refractivity contribution in [3.8, 4) is 11.5 Å². The van der Waals surface area contributed by atoms with Gasteiger partial charge in [0, 0.05) is 41.6 Å². The number of benzene rings is 2. The van der Waals surface area contributed by atoms with Gasteiger partial charge in [-0.25, -0.2) is 0 Å². The van der Waals surface area contributed by atoms with E-state index in [1.54, 1.807) is 6.20 Å². The highest BCUT2D eigenvalue weighted by molar-refractivity contribution is 7.80. The standard InChI is InChI=1S/C27H26N4O3S/c1-2-19-7-3-4-8-22(19)30-27(35)31(16-18-6-5-9-28-15-18)17-21-12-20-13-24-25(34-11-10-33-24)14-23(20)29-26(21)32/h3-9,12-15H,2,10-11,16-17H2,1H3,(H,29,32)(H,30,35). The number of nitrogens with zero attached hydrogens (tertiary/aromatic N) is 2. The summed E-state index contributed by atoms with van der Waals surface area (Å²) in [5.41, 5.74) is 4.28. The first-order valence-corrected chi connectivity index (χ1v) is 12.0. The van der Waals surface area contributed by atoms with Gasteiger partial charge >= 0.3 is 0 Å². The van der Waals surface area contributed by atoms with Crippen LogP contribution in [0.3, 0.4) is 0 Å². The number of hydrogen-bond acceptors (Lipinski definition) is 5. The molecular weight excluding hydrogens is 460 g/mol. The van der Waals surface area contributed by atoms with Crippen LogP contribution < -0.4 is 20.3 Å². The molecule has 0 unspecified atom stereocenters. The van der Waals surface area contributed by atoms with Gasteiger partial charge in [-0.05, 0) is 54.0 Å². The normalized spacial score (nSPS) is 12.4. The topological polar surface area (TPSA) is 79.5 Å². The van der Waals surface area contributed by atoms with E-state index in [4.69, 9.17) is 21.7 Å². The molecule has 0 saturated heterocycles. The third-order valence-corrected chi connectivity index (χ3v) is 6.33. The fourth-order valence-electron chi connectivity index (χ4n) is 4.17. The average molecular weight is 487 g/mol. The zero-order valence-electron chi connectivity index (χ0n) is 19.4. The summed E-state index contributed by atoms with van der Waals surface area (Å²) in [6.45, 7) is 3.95. The summed E-state index contributed by atoms with van der Waals surface area (Å²) >= 11 is 5.83. The number of aromatic amines is 1. The number of aromatic nitrogens is 2. The Morgan fingerprint density at radius 1 is 1.06 bits per heavy atom. The van der Waals surface area contributed by atoms with Gasteiger partial charge in [0.25, 0.3) is 5.56 Å². The number of thiocarbonyl (C=S) groups is 1. The lowest BCUT2D eigenvalue weighted by molar-refractivity contribution is 0.172. The second kappa shape index (κ2) is 10.1. The van der Waals surface area contributed by atoms with Crippen molar-refractivity contribution in [3.63, 3.8) is 0 Å². The molecule has 1 aliphatic rings. The summed E-state index contributed by atoms with van der Waals surface area (Å²) in [6, 6.07) is 17.6. The minimum absolute atomic E-state index is 0.165. The van der Waals surface area contributed by atoms with Crippen LogP contribution in [0, 0.1) is 0 Å². The molecule has 4 aromatic rings. The van der Waals surface area contributed by atoms with E-state index in [9.17, 15) is 4.79 Å². The highest BCUT2D eigenvalue weighted by Gasteiger charge is 2.18. The first kappa shape index (κ1) is 22.9. The number of pyridine rings is 2. The number of anilines is 1. The van der Waals surface area contributed by atoms with Gasteiger partial charge in [-0.15, -0.1) is 0 Å². The van der Waals surface area contributed by atoms with Crippen LogP contribution in [0.5, 0.6) is 11.5 Å². The van der Waals surface area contributed by atoms with Crippen LogP contribution >= 0.6 is 12.2 Å². The van der Waals surface area contributed by atoms with Gasteiger partial charge in [-0.2, -0.15) is 0 Å². The van der Waals surface area contributed by atoms with Crippen LogP contribution in [0.1, 0.15) is 23.6 Å². The third-order valence-electron chi connectivity index (χ3n) is 5.97. The van der Waals surface area contributed by atoms with Gasteiger partial charge in [-0.1, -0.05) is 31.2 Å². The fourth-order valence-corrected chi connectivity index (χ4v) is 4.41. The monoisotopic (exact) mass is 486 g/mol. The Bertz CT molecular complexity index is 1420. The molecule has 0 spiro atoms. The Hall–Kier alpha value is -3.91. The number of aryl methyl sites for hydroxylation is 1. The molecule has 0 aliphatic carbocycles. The highest BCUT2D eigenvalue weighted by Crippen LogP contribution is 2.33. The summed E-state index contributed by atoms with van der Waals surface area (Å²) in [6.07, 6.45) is 4.43. The largest absolute Gasteiger partial charge is 0.486 e. The third kappa shape index (κ3) is 5.12.